The molecule has 2 aliphatic rings. The minimum absolute atomic E-state index is 0.302. The maximum absolute atomic E-state index is 14.4. The van der Waals surface area contributed by atoms with Gasteiger partial charge in [-0.25, -0.2) is 4.39 Å². The van der Waals surface area contributed by atoms with E-state index in [1.54, 1.807) is 6.07 Å². The van der Waals surface area contributed by atoms with E-state index in [0.29, 0.717) is 5.92 Å². The highest BCUT2D eigenvalue weighted by atomic mass is 19.4. The van der Waals surface area contributed by atoms with Crippen LogP contribution in [0.25, 0.3) is 0 Å². The van der Waals surface area contributed by atoms with Crippen LogP contribution in [0.1, 0.15) is 90.0 Å². The fraction of sp³-hybridized carbons (Fsp3) is 0.692. The van der Waals surface area contributed by atoms with E-state index in [-0.39, 0.29) is 5.41 Å². The van der Waals surface area contributed by atoms with Gasteiger partial charge in [0.25, 0.3) is 0 Å². The number of halogens is 4. The Hall–Kier alpha value is -1.52. The molecule has 3 rings (SSSR count). The number of hydrogen-bond donors (Lipinski definition) is 0. The molecule has 2 fully saturated rings. The summed E-state index contributed by atoms with van der Waals surface area (Å²) in [7, 11) is 0. The van der Waals surface area contributed by atoms with E-state index in [2.05, 4.69) is 30.7 Å². The van der Waals surface area contributed by atoms with E-state index < -0.39 is 17.9 Å². The van der Waals surface area contributed by atoms with Crippen LogP contribution in [0.3, 0.4) is 0 Å². The topological polar surface area (TPSA) is 9.23 Å². The van der Waals surface area contributed by atoms with Crippen molar-refractivity contribution in [1.29, 1.82) is 0 Å². The van der Waals surface area contributed by atoms with Gasteiger partial charge in [-0.15, -0.1) is 13.2 Å². The normalized spacial score (nSPS) is 29.9. The smallest absolute Gasteiger partial charge is 0.403 e. The van der Waals surface area contributed by atoms with Crippen LogP contribution in [-0.2, 0) is 5.41 Å². The molecule has 1 nitrogen and oxygen atoms in total. The molecule has 0 atom stereocenters. The largest absolute Gasteiger partial charge is 0.573 e. The number of alkyl halides is 3. The van der Waals surface area contributed by atoms with E-state index in [9.17, 15) is 17.6 Å². The molecule has 0 heterocycles. The first-order chi connectivity index (χ1) is 14.8. The molecule has 1 aromatic carbocycles. The molecule has 2 saturated carbocycles. The molecular weight excluding hydrogens is 404 g/mol. The Labute approximate surface area is 184 Å². The lowest BCUT2D eigenvalue weighted by atomic mass is 9.62. The number of ether oxygens (including phenoxy) is 1. The van der Waals surface area contributed by atoms with Crippen LogP contribution in [0.5, 0.6) is 5.75 Å². The first kappa shape index (κ1) is 24.1. The third-order valence-corrected chi connectivity index (χ3v) is 7.58. The zero-order chi connectivity index (χ0) is 22.5. The second kappa shape index (κ2) is 10.4. The second-order valence-corrected chi connectivity index (χ2v) is 9.57. The predicted octanol–water partition coefficient (Wildman–Crippen LogP) is 8.73. The molecule has 0 bridgehead atoms. The zero-order valence-electron chi connectivity index (χ0n) is 18.8. The van der Waals surface area contributed by atoms with Crippen molar-refractivity contribution in [2.24, 2.45) is 17.8 Å². The van der Waals surface area contributed by atoms with Gasteiger partial charge in [0.1, 0.15) is 0 Å². The summed E-state index contributed by atoms with van der Waals surface area (Å²) in [5, 5.41) is 0. The van der Waals surface area contributed by atoms with Crippen LogP contribution in [-0.4, -0.2) is 6.36 Å². The summed E-state index contributed by atoms with van der Waals surface area (Å²) < 4.78 is 55.8. The SMILES string of the molecule is CCC=CC1(c2ccc(OC(F)(F)F)c(F)c2)CCC(C2CCC(CCC)CC2)CC1. The quantitative estimate of drug-likeness (QED) is 0.304. The maximum atomic E-state index is 14.4. The first-order valence-corrected chi connectivity index (χ1v) is 12.0. The standard InChI is InChI=1S/C26H36F4O/c1-3-5-15-25(22-11-12-24(23(27)18-22)31-26(28,29)30)16-13-21(14-17-25)20-9-7-19(6-4-2)8-10-20/h5,11-12,15,18-21H,3-4,6-10,13-14,16-17H2,1-2H3. The maximum Gasteiger partial charge on any atom is 0.573 e. The minimum Gasteiger partial charge on any atom is -0.403 e. The summed E-state index contributed by atoms with van der Waals surface area (Å²) in [4.78, 5) is 0. The zero-order valence-corrected chi connectivity index (χ0v) is 18.8. The van der Waals surface area contributed by atoms with Crippen molar-refractivity contribution in [3.8, 4) is 5.75 Å². The molecule has 31 heavy (non-hydrogen) atoms. The Kier molecular flexibility index (Phi) is 8.09. The van der Waals surface area contributed by atoms with Gasteiger partial charge >= 0.3 is 6.36 Å². The Morgan fingerprint density at radius 3 is 2.19 bits per heavy atom. The van der Waals surface area contributed by atoms with Gasteiger partial charge < -0.3 is 4.74 Å². The van der Waals surface area contributed by atoms with Gasteiger partial charge in [-0.3, -0.25) is 0 Å². The summed E-state index contributed by atoms with van der Waals surface area (Å²) in [5.41, 5.74) is 0.457. The number of hydrogen-bond acceptors (Lipinski definition) is 1. The van der Waals surface area contributed by atoms with Crippen LogP contribution in [0.4, 0.5) is 17.6 Å². The fourth-order valence-corrected chi connectivity index (χ4v) is 5.90. The molecule has 174 valence electrons. The van der Waals surface area contributed by atoms with Crippen molar-refractivity contribution in [3.05, 3.63) is 41.7 Å². The van der Waals surface area contributed by atoms with Gasteiger partial charge in [0, 0.05) is 5.41 Å². The van der Waals surface area contributed by atoms with Crippen LogP contribution in [0.2, 0.25) is 0 Å². The molecule has 0 saturated heterocycles. The fourth-order valence-electron chi connectivity index (χ4n) is 5.90. The van der Waals surface area contributed by atoms with Crippen LogP contribution in [0.15, 0.2) is 30.4 Å². The van der Waals surface area contributed by atoms with E-state index >= 15 is 0 Å². The summed E-state index contributed by atoms with van der Waals surface area (Å²) in [6.07, 6.45) is 12.3. The van der Waals surface area contributed by atoms with E-state index in [1.807, 2.05) is 0 Å². The number of allylic oxidation sites excluding steroid dienone is 2. The Morgan fingerprint density at radius 2 is 1.65 bits per heavy atom. The van der Waals surface area contributed by atoms with Gasteiger partial charge in [-0.05, 0) is 80.4 Å². The van der Waals surface area contributed by atoms with Gasteiger partial charge in [-0.1, -0.05) is 57.7 Å². The van der Waals surface area contributed by atoms with Crippen molar-refractivity contribution in [2.75, 3.05) is 0 Å². The van der Waals surface area contributed by atoms with Crippen LogP contribution < -0.4 is 4.74 Å². The molecule has 0 aliphatic heterocycles. The van der Waals surface area contributed by atoms with Gasteiger partial charge in [-0.2, -0.15) is 0 Å². The molecule has 0 aromatic heterocycles. The van der Waals surface area contributed by atoms with Gasteiger partial charge in [0.15, 0.2) is 11.6 Å². The Balaban J connectivity index is 1.70. The molecule has 5 heteroatoms. The van der Waals surface area contributed by atoms with Gasteiger partial charge in [0.05, 0.1) is 0 Å². The van der Waals surface area contributed by atoms with E-state index in [1.165, 1.54) is 44.6 Å². The Bertz CT molecular complexity index is 723. The molecule has 0 unspecified atom stereocenters. The molecular formula is C26H36F4O. The van der Waals surface area contributed by atoms with Gasteiger partial charge in [0.2, 0.25) is 0 Å². The van der Waals surface area contributed by atoms with Crippen LogP contribution in [0, 0.1) is 23.6 Å². The predicted molar refractivity (Wildman–Crippen MR) is 117 cm³/mol. The third-order valence-electron chi connectivity index (χ3n) is 7.58. The first-order valence-electron chi connectivity index (χ1n) is 12.0. The Morgan fingerprint density at radius 1 is 1.00 bits per heavy atom. The summed E-state index contributed by atoms with van der Waals surface area (Å²) in [6, 6.07) is 3.98. The molecule has 2 aliphatic carbocycles. The average Bonchev–Trinajstić information content (AvgIpc) is 2.74. The lowest BCUT2D eigenvalue weighted by molar-refractivity contribution is -0.275. The lowest BCUT2D eigenvalue weighted by Crippen LogP contribution is -2.33. The minimum atomic E-state index is -4.89. The monoisotopic (exact) mass is 440 g/mol. The van der Waals surface area contributed by atoms with Crippen molar-refractivity contribution in [2.45, 2.75) is 96.3 Å². The van der Waals surface area contributed by atoms with Crippen molar-refractivity contribution >= 4 is 0 Å². The van der Waals surface area contributed by atoms with Crippen molar-refractivity contribution in [1.82, 2.24) is 0 Å². The lowest BCUT2D eigenvalue weighted by Gasteiger charge is -2.43. The molecule has 1 aromatic rings. The summed E-state index contributed by atoms with van der Waals surface area (Å²) in [6.45, 7) is 4.33. The molecule has 0 amide bonds. The third kappa shape index (κ3) is 6.26. The highest BCUT2D eigenvalue weighted by Gasteiger charge is 2.39. The highest BCUT2D eigenvalue weighted by molar-refractivity contribution is 5.37. The highest BCUT2D eigenvalue weighted by Crippen LogP contribution is 2.48. The summed E-state index contributed by atoms with van der Waals surface area (Å²) in [5.74, 6) is 0.694. The van der Waals surface area contributed by atoms with E-state index in [0.717, 1.165) is 55.6 Å². The number of benzene rings is 1. The van der Waals surface area contributed by atoms with Crippen molar-refractivity contribution < 1.29 is 22.3 Å². The number of rotatable bonds is 7. The second-order valence-electron chi connectivity index (χ2n) is 9.57. The van der Waals surface area contributed by atoms with E-state index in [4.69, 9.17) is 0 Å². The average molecular weight is 441 g/mol. The van der Waals surface area contributed by atoms with Crippen LogP contribution >= 0.6 is 0 Å². The molecule has 0 spiro atoms. The molecule has 0 N–H and O–H groups in total. The summed E-state index contributed by atoms with van der Waals surface area (Å²) >= 11 is 0. The molecule has 0 radical (unpaired) electrons. The van der Waals surface area contributed by atoms with Crippen molar-refractivity contribution in [3.63, 3.8) is 0 Å².